The van der Waals surface area contributed by atoms with Crippen molar-refractivity contribution in [2.75, 3.05) is 4.90 Å². The van der Waals surface area contributed by atoms with Gasteiger partial charge in [0.25, 0.3) is 0 Å². The molecule has 0 atom stereocenters. The number of anilines is 2. The highest BCUT2D eigenvalue weighted by Gasteiger charge is 2.30. The van der Waals surface area contributed by atoms with Crippen LogP contribution in [0.3, 0.4) is 0 Å². The number of halogens is 5. The molecule has 0 aliphatic heterocycles. The van der Waals surface area contributed by atoms with Crippen molar-refractivity contribution in [2.45, 2.75) is 12.6 Å². The minimum atomic E-state index is -4.46. The van der Waals surface area contributed by atoms with Crippen molar-refractivity contribution in [3.8, 4) is 0 Å². The molecule has 0 unspecified atom stereocenters. The molecule has 4 nitrogen and oxygen atoms in total. The van der Waals surface area contributed by atoms with Crippen molar-refractivity contribution in [3.63, 3.8) is 0 Å². The molecule has 1 heterocycles. The van der Waals surface area contributed by atoms with Crippen LogP contribution in [0.25, 0.3) is 0 Å². The number of hydrogen-bond acceptors (Lipinski definition) is 3. The zero-order valence-corrected chi connectivity index (χ0v) is 15.0. The maximum Gasteiger partial charge on any atom is 0.416 e. The summed E-state index contributed by atoms with van der Waals surface area (Å²) in [6.45, 7) is 0. The molecular formula is C18H11Cl2F3N2O2. The third-order valence-corrected chi connectivity index (χ3v) is 4.46. The van der Waals surface area contributed by atoms with Crippen molar-refractivity contribution in [3.05, 3.63) is 75.8 Å². The first-order valence-electron chi connectivity index (χ1n) is 7.58. The normalized spacial score (nSPS) is 11.4. The molecule has 3 rings (SSSR count). The van der Waals surface area contributed by atoms with E-state index in [0.717, 1.165) is 17.0 Å². The van der Waals surface area contributed by atoms with Gasteiger partial charge in [-0.25, -0.2) is 0 Å². The molecule has 0 aliphatic carbocycles. The molecule has 0 N–H and O–H groups in total. The number of hydrogen-bond donors (Lipinski definition) is 0. The van der Waals surface area contributed by atoms with Gasteiger partial charge in [0.2, 0.25) is 12.3 Å². The predicted molar refractivity (Wildman–Crippen MR) is 95.4 cm³/mol. The Kier molecular flexibility index (Phi) is 5.43. The van der Waals surface area contributed by atoms with E-state index in [1.165, 1.54) is 18.4 Å². The first kappa shape index (κ1) is 19.3. The lowest BCUT2D eigenvalue weighted by Crippen LogP contribution is -2.15. The number of carbonyl (C=O) groups excluding carboxylic acids is 1. The van der Waals surface area contributed by atoms with E-state index in [-0.39, 0.29) is 23.8 Å². The van der Waals surface area contributed by atoms with Gasteiger partial charge in [-0.05, 0) is 42.0 Å². The summed E-state index contributed by atoms with van der Waals surface area (Å²) in [6.07, 6.45) is -2.60. The monoisotopic (exact) mass is 414 g/mol. The third kappa shape index (κ3) is 4.26. The average Bonchev–Trinajstić information content (AvgIpc) is 3.07. The lowest BCUT2D eigenvalue weighted by Gasteiger charge is -2.15. The molecule has 0 bridgehead atoms. The molecule has 0 saturated heterocycles. The minimum absolute atomic E-state index is 0.128. The first-order valence-corrected chi connectivity index (χ1v) is 8.34. The Labute approximate surface area is 162 Å². The number of nitrogens with zero attached hydrogens (tertiary/aromatic N) is 2. The second-order valence-electron chi connectivity index (χ2n) is 5.50. The fourth-order valence-electron chi connectivity index (χ4n) is 2.40. The maximum atomic E-state index is 12.7. The first-order chi connectivity index (χ1) is 12.8. The van der Waals surface area contributed by atoms with Crippen molar-refractivity contribution in [1.82, 2.24) is 4.98 Å². The molecule has 9 heteroatoms. The molecule has 0 saturated carbocycles. The van der Waals surface area contributed by atoms with Gasteiger partial charge in [-0.2, -0.15) is 18.2 Å². The van der Waals surface area contributed by atoms with E-state index in [2.05, 4.69) is 4.98 Å². The van der Waals surface area contributed by atoms with Crippen LogP contribution in [0.1, 0.15) is 17.0 Å². The molecule has 0 radical (unpaired) electrons. The topological polar surface area (TPSA) is 46.3 Å². The molecule has 0 fully saturated rings. The van der Waals surface area contributed by atoms with Gasteiger partial charge in [0.15, 0.2) is 5.82 Å². The zero-order chi connectivity index (χ0) is 19.6. The lowest BCUT2D eigenvalue weighted by atomic mass is 10.1. The fourth-order valence-corrected chi connectivity index (χ4v) is 2.93. The SMILES string of the molecule is O=CN(c1ccc(C(F)(F)F)cc1)c1coc(Cc2c(Cl)cccc2Cl)n1. The highest BCUT2D eigenvalue weighted by Crippen LogP contribution is 2.32. The van der Waals surface area contributed by atoms with E-state index in [1.807, 2.05) is 0 Å². The lowest BCUT2D eigenvalue weighted by molar-refractivity contribution is -0.137. The van der Waals surface area contributed by atoms with Crippen LogP contribution in [0.15, 0.2) is 53.1 Å². The third-order valence-electron chi connectivity index (χ3n) is 3.75. The Hall–Kier alpha value is -2.51. The molecule has 0 aliphatic rings. The van der Waals surface area contributed by atoms with Gasteiger partial charge in [-0.15, -0.1) is 0 Å². The van der Waals surface area contributed by atoms with Crippen LogP contribution in [0.2, 0.25) is 10.0 Å². The van der Waals surface area contributed by atoms with Gasteiger partial charge < -0.3 is 4.42 Å². The fraction of sp³-hybridized carbons (Fsp3) is 0.111. The molecule has 27 heavy (non-hydrogen) atoms. The summed E-state index contributed by atoms with van der Waals surface area (Å²) < 4.78 is 43.4. The molecule has 1 amide bonds. The Bertz CT molecular complexity index is 936. The highest BCUT2D eigenvalue weighted by molar-refractivity contribution is 6.36. The number of rotatable bonds is 5. The van der Waals surface area contributed by atoms with Crippen LogP contribution in [-0.4, -0.2) is 11.4 Å². The molecular weight excluding hydrogens is 404 g/mol. The van der Waals surface area contributed by atoms with Crippen molar-refractivity contribution in [2.24, 2.45) is 0 Å². The standard InChI is InChI=1S/C18H11Cl2F3N2O2/c19-14-2-1-3-15(20)13(14)8-17-24-16(9-27-17)25(10-26)12-6-4-11(5-7-12)18(21,22)23/h1-7,9-10H,8H2. The summed E-state index contributed by atoms with van der Waals surface area (Å²) in [5.74, 6) is 0.377. The number of alkyl halides is 3. The molecule has 2 aromatic carbocycles. The van der Waals surface area contributed by atoms with Crippen LogP contribution < -0.4 is 4.90 Å². The molecule has 1 aromatic heterocycles. The average molecular weight is 415 g/mol. The van der Waals surface area contributed by atoms with Crippen LogP contribution >= 0.6 is 23.2 Å². The molecule has 3 aromatic rings. The number of oxazole rings is 1. The summed E-state index contributed by atoms with van der Waals surface area (Å²) in [6, 6.07) is 9.17. The Morgan fingerprint density at radius 3 is 2.26 bits per heavy atom. The maximum absolute atomic E-state index is 12.7. The summed E-state index contributed by atoms with van der Waals surface area (Å²) in [4.78, 5) is 16.7. The Morgan fingerprint density at radius 2 is 1.70 bits per heavy atom. The van der Waals surface area contributed by atoms with Gasteiger partial charge >= 0.3 is 6.18 Å². The predicted octanol–water partition coefficient (Wildman–Crippen LogP) is 5.89. The quantitative estimate of drug-likeness (QED) is 0.489. The molecule has 140 valence electrons. The van der Waals surface area contributed by atoms with E-state index in [4.69, 9.17) is 27.6 Å². The second-order valence-corrected chi connectivity index (χ2v) is 6.31. The molecule has 0 spiro atoms. The van der Waals surface area contributed by atoms with Crippen molar-refractivity contribution in [1.29, 1.82) is 0 Å². The summed E-state index contributed by atoms with van der Waals surface area (Å²) in [5.41, 5.74) is 0.0151. The smallest absolute Gasteiger partial charge is 0.416 e. The van der Waals surface area contributed by atoms with Crippen molar-refractivity contribution < 1.29 is 22.4 Å². The van der Waals surface area contributed by atoms with E-state index in [0.29, 0.717) is 22.0 Å². The Balaban J connectivity index is 1.84. The van der Waals surface area contributed by atoms with E-state index >= 15 is 0 Å². The number of aromatic nitrogens is 1. The van der Waals surface area contributed by atoms with Gasteiger partial charge in [0.05, 0.1) is 17.7 Å². The number of amides is 1. The number of carbonyl (C=O) groups is 1. The summed E-state index contributed by atoms with van der Waals surface area (Å²) >= 11 is 12.2. The van der Waals surface area contributed by atoms with Gasteiger partial charge in [0.1, 0.15) is 6.26 Å². The van der Waals surface area contributed by atoms with E-state index < -0.39 is 11.7 Å². The minimum Gasteiger partial charge on any atom is -0.446 e. The van der Waals surface area contributed by atoms with E-state index in [1.54, 1.807) is 18.2 Å². The van der Waals surface area contributed by atoms with Crippen LogP contribution in [-0.2, 0) is 17.4 Å². The zero-order valence-electron chi connectivity index (χ0n) is 13.5. The van der Waals surface area contributed by atoms with Gasteiger partial charge in [-0.1, -0.05) is 29.3 Å². The summed E-state index contributed by atoms with van der Waals surface area (Å²) in [5, 5.41) is 0.884. The Morgan fingerprint density at radius 1 is 1.07 bits per heavy atom. The highest BCUT2D eigenvalue weighted by atomic mass is 35.5. The van der Waals surface area contributed by atoms with Crippen molar-refractivity contribution >= 4 is 41.1 Å². The largest absolute Gasteiger partial charge is 0.446 e. The van der Waals surface area contributed by atoms with Crippen LogP contribution in [0.5, 0.6) is 0 Å². The van der Waals surface area contributed by atoms with Gasteiger partial charge in [-0.3, -0.25) is 9.69 Å². The van der Waals surface area contributed by atoms with Crippen LogP contribution in [0, 0.1) is 0 Å². The van der Waals surface area contributed by atoms with Crippen LogP contribution in [0.4, 0.5) is 24.7 Å². The number of benzene rings is 2. The second kappa shape index (κ2) is 7.62. The van der Waals surface area contributed by atoms with E-state index in [9.17, 15) is 18.0 Å². The van der Waals surface area contributed by atoms with Gasteiger partial charge in [0, 0.05) is 10.0 Å². The summed E-state index contributed by atoms with van der Waals surface area (Å²) in [7, 11) is 0.